The SMILES string of the molecule is CC1=CCC(NC(C)c2ccccc2)C=C1. The van der Waals surface area contributed by atoms with E-state index in [9.17, 15) is 0 Å². The molecule has 1 heteroatoms. The highest BCUT2D eigenvalue weighted by Gasteiger charge is 2.11. The maximum Gasteiger partial charge on any atom is 0.0297 e. The first-order chi connectivity index (χ1) is 7.75. The van der Waals surface area contributed by atoms with Crippen molar-refractivity contribution in [1.29, 1.82) is 0 Å². The van der Waals surface area contributed by atoms with E-state index in [1.165, 1.54) is 11.1 Å². The third-order valence-corrected chi connectivity index (χ3v) is 3.05. The van der Waals surface area contributed by atoms with Crippen LogP contribution in [-0.4, -0.2) is 6.04 Å². The predicted molar refractivity (Wildman–Crippen MR) is 69.3 cm³/mol. The zero-order valence-electron chi connectivity index (χ0n) is 9.98. The van der Waals surface area contributed by atoms with E-state index >= 15 is 0 Å². The summed E-state index contributed by atoms with van der Waals surface area (Å²) < 4.78 is 0. The van der Waals surface area contributed by atoms with Crippen molar-refractivity contribution in [2.75, 3.05) is 0 Å². The van der Waals surface area contributed by atoms with E-state index in [4.69, 9.17) is 0 Å². The summed E-state index contributed by atoms with van der Waals surface area (Å²) >= 11 is 0. The molecule has 1 aliphatic rings. The quantitative estimate of drug-likeness (QED) is 0.808. The van der Waals surface area contributed by atoms with Crippen molar-refractivity contribution in [2.45, 2.75) is 32.4 Å². The summed E-state index contributed by atoms with van der Waals surface area (Å²) in [6.07, 6.45) is 7.84. The molecule has 0 saturated carbocycles. The Hall–Kier alpha value is -1.34. The van der Waals surface area contributed by atoms with E-state index in [0.29, 0.717) is 12.1 Å². The summed E-state index contributed by atoms with van der Waals surface area (Å²) in [4.78, 5) is 0. The lowest BCUT2D eigenvalue weighted by Gasteiger charge is -2.22. The van der Waals surface area contributed by atoms with Gasteiger partial charge in [0.25, 0.3) is 0 Å². The Labute approximate surface area is 97.9 Å². The highest BCUT2D eigenvalue weighted by molar-refractivity contribution is 5.24. The summed E-state index contributed by atoms with van der Waals surface area (Å²) in [6, 6.07) is 11.5. The molecule has 1 aromatic carbocycles. The average Bonchev–Trinajstić information content (AvgIpc) is 2.33. The fourth-order valence-corrected chi connectivity index (χ4v) is 2.01. The number of rotatable bonds is 3. The van der Waals surface area contributed by atoms with Gasteiger partial charge in [0.05, 0.1) is 0 Å². The normalized spacial score (nSPS) is 21.6. The molecule has 0 radical (unpaired) electrons. The van der Waals surface area contributed by atoms with Crippen molar-refractivity contribution in [2.24, 2.45) is 0 Å². The number of hydrogen-bond donors (Lipinski definition) is 1. The predicted octanol–water partition coefficient (Wildman–Crippen LogP) is 3.61. The number of allylic oxidation sites excluding steroid dienone is 2. The third kappa shape index (κ3) is 2.83. The van der Waals surface area contributed by atoms with E-state index in [1.54, 1.807) is 0 Å². The lowest BCUT2D eigenvalue weighted by molar-refractivity contribution is 0.511. The second kappa shape index (κ2) is 5.13. The van der Waals surface area contributed by atoms with Crippen molar-refractivity contribution in [3.63, 3.8) is 0 Å². The smallest absolute Gasteiger partial charge is 0.0297 e. The summed E-state index contributed by atoms with van der Waals surface area (Å²) in [5.41, 5.74) is 2.72. The highest BCUT2D eigenvalue weighted by atomic mass is 14.9. The Morgan fingerprint density at radius 3 is 2.62 bits per heavy atom. The van der Waals surface area contributed by atoms with Gasteiger partial charge in [0.2, 0.25) is 0 Å². The van der Waals surface area contributed by atoms with Crippen LogP contribution in [-0.2, 0) is 0 Å². The van der Waals surface area contributed by atoms with Gasteiger partial charge in [-0.05, 0) is 25.8 Å². The Bertz CT molecular complexity index is 389. The molecule has 2 atom stereocenters. The molecule has 0 bridgehead atoms. The second-order valence-electron chi connectivity index (χ2n) is 4.45. The Morgan fingerprint density at radius 2 is 2.00 bits per heavy atom. The van der Waals surface area contributed by atoms with Crippen LogP contribution in [0.15, 0.2) is 54.1 Å². The van der Waals surface area contributed by atoms with Gasteiger partial charge in [-0.15, -0.1) is 0 Å². The fourth-order valence-electron chi connectivity index (χ4n) is 2.01. The molecule has 0 saturated heterocycles. The van der Waals surface area contributed by atoms with Gasteiger partial charge in [-0.1, -0.05) is 54.1 Å². The summed E-state index contributed by atoms with van der Waals surface area (Å²) in [7, 11) is 0. The first-order valence-electron chi connectivity index (χ1n) is 5.91. The van der Waals surface area contributed by atoms with Crippen molar-refractivity contribution >= 4 is 0 Å². The highest BCUT2D eigenvalue weighted by Crippen LogP contribution is 2.16. The zero-order valence-corrected chi connectivity index (χ0v) is 9.98. The van der Waals surface area contributed by atoms with Gasteiger partial charge >= 0.3 is 0 Å². The van der Waals surface area contributed by atoms with Crippen molar-refractivity contribution < 1.29 is 0 Å². The van der Waals surface area contributed by atoms with E-state index in [0.717, 1.165) is 6.42 Å². The van der Waals surface area contributed by atoms with Gasteiger partial charge in [-0.3, -0.25) is 0 Å². The molecule has 0 aliphatic heterocycles. The Balaban J connectivity index is 1.94. The molecule has 1 aromatic rings. The molecular weight excluding hydrogens is 194 g/mol. The van der Waals surface area contributed by atoms with Gasteiger partial charge in [-0.25, -0.2) is 0 Å². The third-order valence-electron chi connectivity index (χ3n) is 3.05. The second-order valence-corrected chi connectivity index (χ2v) is 4.45. The Kier molecular flexibility index (Phi) is 3.58. The molecular formula is C15H19N. The van der Waals surface area contributed by atoms with E-state index in [-0.39, 0.29) is 0 Å². The lowest BCUT2D eigenvalue weighted by atomic mass is 10.0. The molecule has 0 amide bonds. The van der Waals surface area contributed by atoms with E-state index < -0.39 is 0 Å². The standard InChI is InChI=1S/C15H19N/c1-12-8-10-15(11-9-12)16-13(2)14-6-4-3-5-7-14/h3-10,13,15-16H,11H2,1-2H3. The summed E-state index contributed by atoms with van der Waals surface area (Å²) in [5, 5.41) is 3.62. The van der Waals surface area contributed by atoms with Crippen LogP contribution in [0.5, 0.6) is 0 Å². The molecule has 0 spiro atoms. The van der Waals surface area contributed by atoms with Crippen LogP contribution in [0.3, 0.4) is 0 Å². The summed E-state index contributed by atoms with van der Waals surface area (Å²) in [6.45, 7) is 4.36. The minimum atomic E-state index is 0.405. The van der Waals surface area contributed by atoms with Crippen molar-refractivity contribution in [3.8, 4) is 0 Å². The van der Waals surface area contributed by atoms with Gasteiger partial charge in [-0.2, -0.15) is 0 Å². The first kappa shape index (κ1) is 11.2. The minimum Gasteiger partial charge on any atom is -0.304 e. The topological polar surface area (TPSA) is 12.0 Å². The molecule has 0 heterocycles. The van der Waals surface area contributed by atoms with Gasteiger partial charge in [0.15, 0.2) is 0 Å². The number of nitrogens with one attached hydrogen (secondary N) is 1. The number of hydrogen-bond acceptors (Lipinski definition) is 1. The van der Waals surface area contributed by atoms with Crippen LogP contribution < -0.4 is 5.32 Å². The monoisotopic (exact) mass is 213 g/mol. The summed E-state index contributed by atoms with van der Waals surface area (Å²) in [5.74, 6) is 0. The molecule has 84 valence electrons. The first-order valence-corrected chi connectivity index (χ1v) is 5.91. The van der Waals surface area contributed by atoms with E-state index in [2.05, 4.69) is 67.7 Å². The van der Waals surface area contributed by atoms with Crippen LogP contribution in [0.4, 0.5) is 0 Å². The molecule has 2 unspecified atom stereocenters. The van der Waals surface area contributed by atoms with Crippen LogP contribution in [0.1, 0.15) is 31.9 Å². The lowest BCUT2D eigenvalue weighted by Crippen LogP contribution is -2.30. The van der Waals surface area contributed by atoms with Crippen LogP contribution in [0, 0.1) is 0 Å². The zero-order chi connectivity index (χ0) is 11.4. The van der Waals surface area contributed by atoms with Crippen LogP contribution in [0.2, 0.25) is 0 Å². The van der Waals surface area contributed by atoms with Crippen LogP contribution >= 0.6 is 0 Å². The molecule has 2 rings (SSSR count). The average molecular weight is 213 g/mol. The van der Waals surface area contributed by atoms with Gasteiger partial charge in [0.1, 0.15) is 0 Å². The molecule has 1 N–H and O–H groups in total. The van der Waals surface area contributed by atoms with Gasteiger partial charge < -0.3 is 5.32 Å². The molecule has 1 aliphatic carbocycles. The van der Waals surface area contributed by atoms with Gasteiger partial charge in [0, 0.05) is 12.1 Å². The largest absolute Gasteiger partial charge is 0.304 e. The fraction of sp³-hybridized carbons (Fsp3) is 0.333. The Morgan fingerprint density at radius 1 is 1.25 bits per heavy atom. The van der Waals surface area contributed by atoms with Crippen molar-refractivity contribution in [1.82, 2.24) is 5.32 Å². The van der Waals surface area contributed by atoms with Crippen molar-refractivity contribution in [3.05, 3.63) is 59.7 Å². The molecule has 0 aromatic heterocycles. The molecule has 1 nitrogen and oxygen atoms in total. The minimum absolute atomic E-state index is 0.405. The number of benzene rings is 1. The maximum atomic E-state index is 3.62. The maximum absolute atomic E-state index is 3.62. The van der Waals surface area contributed by atoms with E-state index in [1.807, 2.05) is 0 Å². The molecule has 0 fully saturated rings. The van der Waals surface area contributed by atoms with Crippen LogP contribution in [0.25, 0.3) is 0 Å². The molecule has 16 heavy (non-hydrogen) atoms.